The summed E-state index contributed by atoms with van der Waals surface area (Å²) in [6, 6.07) is 7.79. The van der Waals surface area contributed by atoms with Crippen molar-refractivity contribution >= 4 is 51.8 Å². The number of benzene rings is 1. The molecular weight excluding hydrogens is 305 g/mol. The number of halogens is 4. The summed E-state index contributed by atoms with van der Waals surface area (Å²) in [5.74, 6) is 0. The molecule has 0 amide bonds. The molecule has 0 heterocycles. The molecule has 0 fully saturated rings. The minimum absolute atomic E-state index is 1.04. The quantitative estimate of drug-likeness (QED) is 0.690. The van der Waals surface area contributed by atoms with Crippen LogP contribution in [-0.4, -0.2) is 0 Å². The maximum Gasteiger partial charge on any atom is 0.128 e. The van der Waals surface area contributed by atoms with Gasteiger partial charge >= 0.3 is 49.6 Å². The van der Waals surface area contributed by atoms with Crippen LogP contribution < -0.4 is 11.5 Å². The second-order valence-electron chi connectivity index (χ2n) is 2.07. The van der Waals surface area contributed by atoms with Crippen molar-refractivity contribution in [1.29, 1.82) is 0 Å². The first-order valence-electron chi connectivity index (χ1n) is 2.98. The van der Waals surface area contributed by atoms with Gasteiger partial charge in [-0.3, -0.25) is 0 Å². The number of hydrogen-bond acceptors (Lipinski definition) is 0. The molecular formula is C6H10Cl4CuN2. The molecule has 0 atom stereocenters. The van der Waals surface area contributed by atoms with E-state index in [1.54, 1.807) is 0 Å². The van der Waals surface area contributed by atoms with Crippen molar-refractivity contribution in [2.75, 3.05) is 0 Å². The average Bonchev–Trinajstić information content (AvgIpc) is 1.92. The molecule has 1 aromatic rings. The van der Waals surface area contributed by atoms with Gasteiger partial charge in [-0.05, 0) is 0 Å². The summed E-state index contributed by atoms with van der Waals surface area (Å²) in [4.78, 5) is 0. The second kappa shape index (κ2) is 6.33. The van der Waals surface area contributed by atoms with Crippen LogP contribution in [0, 0.1) is 0 Å². The van der Waals surface area contributed by atoms with E-state index in [4.69, 9.17) is 40.4 Å². The van der Waals surface area contributed by atoms with Crippen molar-refractivity contribution < 1.29 is 20.7 Å². The molecule has 0 spiro atoms. The van der Waals surface area contributed by atoms with Crippen LogP contribution in [0.15, 0.2) is 24.3 Å². The second-order valence-corrected chi connectivity index (χ2v) is 11.4. The first kappa shape index (κ1) is 13.8. The van der Waals surface area contributed by atoms with Gasteiger partial charge in [-0.1, -0.05) is 0 Å². The molecule has 13 heavy (non-hydrogen) atoms. The number of rotatable bonds is 0. The van der Waals surface area contributed by atoms with Gasteiger partial charge < -0.3 is 11.5 Å². The van der Waals surface area contributed by atoms with Crippen LogP contribution in [0.1, 0.15) is 0 Å². The van der Waals surface area contributed by atoms with E-state index in [0.29, 0.717) is 0 Å². The summed E-state index contributed by atoms with van der Waals surface area (Å²) in [7, 11) is 17.4. The summed E-state index contributed by atoms with van der Waals surface area (Å²) in [6.45, 7) is 0. The van der Waals surface area contributed by atoms with Gasteiger partial charge in [-0.2, -0.15) is 0 Å². The van der Waals surface area contributed by atoms with E-state index in [0.717, 1.165) is 11.4 Å². The van der Waals surface area contributed by atoms with Gasteiger partial charge in [-0.25, -0.2) is 0 Å². The molecule has 0 bridgehead atoms. The Kier molecular flexibility index (Phi) is 6.73. The summed E-state index contributed by atoms with van der Waals surface area (Å²) in [5.41, 5.74) is 9.55. The van der Waals surface area contributed by atoms with Crippen molar-refractivity contribution in [3.8, 4) is 0 Å². The van der Waals surface area contributed by atoms with Gasteiger partial charge in [0.15, 0.2) is 0 Å². The monoisotopic (exact) mass is 313 g/mol. The van der Waals surface area contributed by atoms with Crippen molar-refractivity contribution in [2.45, 2.75) is 0 Å². The maximum absolute atomic E-state index is 4.90. The van der Waals surface area contributed by atoms with Gasteiger partial charge in [0.05, 0.1) is 0 Å². The summed E-state index contributed by atoms with van der Waals surface area (Å²) >= 11 is 0. The Morgan fingerprint density at radius 2 is 0.923 bits per heavy atom. The van der Waals surface area contributed by atoms with Crippen LogP contribution in [0.4, 0.5) is 11.4 Å². The largest absolute Gasteiger partial charge is 0.325 e. The zero-order valence-corrected chi connectivity index (χ0v) is 10.5. The molecule has 83 valence electrons. The number of hydrogen-bond donors (Lipinski definition) is 2. The summed E-state index contributed by atoms with van der Waals surface area (Å²) in [6.07, 6.45) is 0. The van der Waals surface area contributed by atoms with Crippen molar-refractivity contribution in [2.24, 2.45) is 0 Å². The molecule has 0 saturated heterocycles. The fourth-order valence-corrected chi connectivity index (χ4v) is 0.539. The van der Waals surface area contributed by atoms with E-state index in [1.807, 2.05) is 24.3 Å². The van der Waals surface area contributed by atoms with Crippen LogP contribution in [-0.2, 0) is 9.20 Å². The Morgan fingerprint density at radius 3 is 1.08 bits per heavy atom. The van der Waals surface area contributed by atoms with Crippen LogP contribution >= 0.6 is 40.4 Å². The Balaban J connectivity index is 0.000000252. The van der Waals surface area contributed by atoms with Gasteiger partial charge in [0.1, 0.15) is 11.4 Å². The van der Waals surface area contributed by atoms with E-state index < -0.39 is 9.20 Å². The molecule has 0 aliphatic rings. The zero-order valence-electron chi connectivity index (χ0n) is 6.54. The third kappa shape index (κ3) is 12.8. The molecule has 0 aliphatic carbocycles. The molecule has 2 nitrogen and oxygen atoms in total. The van der Waals surface area contributed by atoms with E-state index >= 15 is 0 Å². The minimum Gasteiger partial charge on any atom is -0.325 e. The van der Waals surface area contributed by atoms with Crippen LogP contribution in [0.3, 0.4) is 0 Å². The smallest absolute Gasteiger partial charge is 0.128 e. The molecule has 0 unspecified atom stereocenters. The predicted molar refractivity (Wildman–Crippen MR) is 55.0 cm³/mol. The van der Waals surface area contributed by atoms with Crippen molar-refractivity contribution in [1.82, 2.24) is 0 Å². The van der Waals surface area contributed by atoms with Crippen LogP contribution in [0.5, 0.6) is 0 Å². The van der Waals surface area contributed by atoms with Crippen molar-refractivity contribution in [3.63, 3.8) is 0 Å². The van der Waals surface area contributed by atoms with E-state index in [1.165, 1.54) is 0 Å². The average molecular weight is 316 g/mol. The fraction of sp³-hybridized carbons (Fsp3) is 0. The fourth-order valence-electron chi connectivity index (χ4n) is 0.539. The maximum atomic E-state index is 4.90. The Morgan fingerprint density at radius 1 is 0.769 bits per heavy atom. The van der Waals surface area contributed by atoms with E-state index in [-0.39, 0.29) is 0 Å². The van der Waals surface area contributed by atoms with Gasteiger partial charge in [0.25, 0.3) is 0 Å². The molecule has 6 N–H and O–H groups in total. The predicted octanol–water partition coefficient (Wildman–Crippen LogP) is 2.19. The standard InChI is InChI=1S/C6H8N2.4ClH.Cu/c7-5-1-2-6(8)4-3-5;;;;;/h1-4H,7-8H2;4*1H;/q;;;;;+2/p-2. The normalized spacial score (nSPS) is 11.5. The summed E-state index contributed by atoms with van der Waals surface area (Å²) < 4.78 is 0. The zero-order chi connectivity index (χ0) is 10.5. The summed E-state index contributed by atoms with van der Waals surface area (Å²) in [5, 5.41) is 0. The molecule has 1 aromatic carbocycles. The molecule has 0 radical (unpaired) electrons. The van der Waals surface area contributed by atoms with E-state index in [2.05, 4.69) is 11.5 Å². The SMILES string of the molecule is [Cl][Cu-2]([Cl])([Cl])[Cl].[NH3+]c1ccc([NH3+])cc1. The van der Waals surface area contributed by atoms with E-state index in [9.17, 15) is 0 Å². The van der Waals surface area contributed by atoms with Crippen molar-refractivity contribution in [3.05, 3.63) is 24.3 Å². The van der Waals surface area contributed by atoms with Gasteiger partial charge in [0.2, 0.25) is 0 Å². The molecule has 0 saturated carbocycles. The Hall–Kier alpha value is 0.819. The number of quaternary nitrogens is 2. The minimum atomic E-state index is -2.24. The van der Waals surface area contributed by atoms with Crippen LogP contribution in [0.25, 0.3) is 0 Å². The van der Waals surface area contributed by atoms with Gasteiger partial charge in [0, 0.05) is 24.3 Å². The molecule has 7 heteroatoms. The van der Waals surface area contributed by atoms with Crippen LogP contribution in [0.2, 0.25) is 0 Å². The first-order valence-corrected chi connectivity index (χ1v) is 8.17. The molecule has 1 rings (SSSR count). The van der Waals surface area contributed by atoms with Gasteiger partial charge in [-0.15, -0.1) is 0 Å². The Labute approximate surface area is 96.2 Å². The topological polar surface area (TPSA) is 55.3 Å². The third-order valence-corrected chi connectivity index (χ3v) is 1.02. The molecule has 0 aliphatic heterocycles. The first-order chi connectivity index (χ1) is 5.79. The third-order valence-electron chi connectivity index (χ3n) is 1.02. The molecule has 0 aromatic heterocycles. The Bertz CT molecular complexity index is 219.